The molecule has 29 heavy (non-hydrogen) atoms. The first-order valence-corrected chi connectivity index (χ1v) is 10.9. The van der Waals surface area contributed by atoms with Crippen molar-refractivity contribution in [3.63, 3.8) is 0 Å². The highest BCUT2D eigenvalue weighted by Gasteiger charge is 2.20. The molecule has 0 saturated carbocycles. The first kappa shape index (κ1) is 21.7. The van der Waals surface area contributed by atoms with E-state index in [0.717, 1.165) is 44.4 Å². The summed E-state index contributed by atoms with van der Waals surface area (Å²) < 4.78 is 5.36. The van der Waals surface area contributed by atoms with E-state index in [9.17, 15) is 0 Å². The zero-order chi connectivity index (χ0) is 20.5. The van der Waals surface area contributed by atoms with Crippen LogP contribution in [0.15, 0.2) is 29.3 Å². The van der Waals surface area contributed by atoms with Crippen molar-refractivity contribution in [1.82, 2.24) is 20.0 Å². The summed E-state index contributed by atoms with van der Waals surface area (Å²) in [5, 5.41) is 3.57. The number of methoxy groups -OCH3 is 1. The molecule has 0 bridgehead atoms. The molecule has 0 spiro atoms. The molecule has 0 amide bonds. The topological polar surface area (TPSA) is 46.6 Å². The van der Waals surface area contributed by atoms with Crippen molar-refractivity contribution in [3.05, 3.63) is 24.3 Å². The van der Waals surface area contributed by atoms with Crippen LogP contribution < -0.4 is 15.0 Å². The average molecular weight is 403 g/mol. The maximum absolute atomic E-state index is 5.36. The van der Waals surface area contributed by atoms with Crippen LogP contribution in [0.3, 0.4) is 0 Å². The Bertz CT molecular complexity index is 636. The summed E-state index contributed by atoms with van der Waals surface area (Å²) in [6.07, 6.45) is 2.44. The first-order valence-electron chi connectivity index (χ1n) is 10.9. The molecule has 1 aromatic carbocycles. The molecule has 0 aliphatic carbocycles. The number of rotatable bonds is 7. The van der Waals surface area contributed by atoms with Crippen molar-refractivity contribution in [1.29, 1.82) is 0 Å². The molecular weight excluding hydrogens is 364 g/mol. The SMILES string of the molecule is CN=C(NCCCCN1CCN(C)CC1)N1CCN(c2cccc(OC)c2)CC1. The van der Waals surface area contributed by atoms with Gasteiger partial charge in [-0.2, -0.15) is 0 Å². The van der Waals surface area contributed by atoms with Crippen molar-refractivity contribution in [2.45, 2.75) is 12.8 Å². The third kappa shape index (κ3) is 6.51. The zero-order valence-corrected chi connectivity index (χ0v) is 18.4. The van der Waals surface area contributed by atoms with Gasteiger partial charge in [0.2, 0.25) is 0 Å². The van der Waals surface area contributed by atoms with Crippen molar-refractivity contribution in [2.75, 3.05) is 91.6 Å². The van der Waals surface area contributed by atoms with Crippen LogP contribution in [0.1, 0.15) is 12.8 Å². The van der Waals surface area contributed by atoms with Crippen LogP contribution in [0, 0.1) is 0 Å². The Morgan fingerprint density at radius 2 is 1.79 bits per heavy atom. The normalized spacial score (nSPS) is 19.5. The quantitative estimate of drug-likeness (QED) is 0.423. The Morgan fingerprint density at radius 3 is 2.48 bits per heavy atom. The van der Waals surface area contributed by atoms with Crippen molar-refractivity contribution in [2.24, 2.45) is 4.99 Å². The summed E-state index contributed by atoms with van der Waals surface area (Å²) >= 11 is 0. The molecule has 2 saturated heterocycles. The molecule has 0 unspecified atom stereocenters. The van der Waals surface area contributed by atoms with Gasteiger partial charge in [-0.1, -0.05) is 6.07 Å². The first-order chi connectivity index (χ1) is 14.2. The number of ether oxygens (including phenoxy) is 1. The van der Waals surface area contributed by atoms with E-state index in [0.29, 0.717) is 0 Å². The number of hydrogen-bond donors (Lipinski definition) is 1. The molecule has 2 fully saturated rings. The fourth-order valence-electron chi connectivity index (χ4n) is 4.05. The van der Waals surface area contributed by atoms with E-state index < -0.39 is 0 Å². The van der Waals surface area contributed by atoms with Gasteiger partial charge in [0.1, 0.15) is 5.75 Å². The Hall–Kier alpha value is -1.99. The molecule has 2 aliphatic heterocycles. The Kier molecular flexibility index (Phi) is 8.43. The third-order valence-electron chi connectivity index (χ3n) is 5.99. The summed E-state index contributed by atoms with van der Waals surface area (Å²) in [5.41, 5.74) is 1.23. The summed E-state index contributed by atoms with van der Waals surface area (Å²) in [6.45, 7) is 11.0. The molecule has 0 aromatic heterocycles. The van der Waals surface area contributed by atoms with Crippen molar-refractivity contribution < 1.29 is 4.74 Å². The maximum atomic E-state index is 5.36. The molecule has 162 valence electrons. The molecule has 3 rings (SSSR count). The van der Waals surface area contributed by atoms with E-state index in [4.69, 9.17) is 4.74 Å². The number of aliphatic imine (C=N–C) groups is 1. The summed E-state index contributed by atoms with van der Waals surface area (Å²) in [6, 6.07) is 8.33. The average Bonchev–Trinajstić information content (AvgIpc) is 2.78. The Morgan fingerprint density at radius 1 is 1.03 bits per heavy atom. The molecule has 2 heterocycles. The summed E-state index contributed by atoms with van der Waals surface area (Å²) in [4.78, 5) is 14.3. The zero-order valence-electron chi connectivity index (χ0n) is 18.4. The highest BCUT2D eigenvalue weighted by Crippen LogP contribution is 2.22. The van der Waals surface area contributed by atoms with Gasteiger partial charge in [-0.05, 0) is 38.6 Å². The number of unbranched alkanes of at least 4 members (excludes halogenated alkanes) is 1. The number of nitrogens with one attached hydrogen (secondary N) is 1. The predicted octanol–water partition coefficient (Wildman–Crippen LogP) is 1.42. The lowest BCUT2D eigenvalue weighted by atomic mass is 10.2. The van der Waals surface area contributed by atoms with E-state index in [1.165, 1.54) is 51.3 Å². The van der Waals surface area contributed by atoms with Crippen LogP contribution in [0.25, 0.3) is 0 Å². The second kappa shape index (κ2) is 11.3. The Balaban J connectivity index is 1.34. The summed E-state index contributed by atoms with van der Waals surface area (Å²) in [5.74, 6) is 1.95. The largest absolute Gasteiger partial charge is 0.497 e. The number of benzene rings is 1. The van der Waals surface area contributed by atoms with Gasteiger partial charge in [-0.3, -0.25) is 4.99 Å². The van der Waals surface area contributed by atoms with Crippen LogP contribution in [-0.2, 0) is 0 Å². The van der Waals surface area contributed by atoms with Crippen LogP contribution in [0.2, 0.25) is 0 Å². The molecule has 1 aromatic rings. The molecule has 0 radical (unpaired) electrons. The smallest absolute Gasteiger partial charge is 0.193 e. The molecule has 1 N–H and O–H groups in total. The number of nitrogens with zero attached hydrogens (tertiary/aromatic N) is 5. The molecule has 0 atom stereocenters. The summed E-state index contributed by atoms with van der Waals surface area (Å²) in [7, 11) is 5.82. The molecule has 7 nitrogen and oxygen atoms in total. The number of hydrogen-bond acceptors (Lipinski definition) is 5. The highest BCUT2D eigenvalue weighted by molar-refractivity contribution is 5.80. The number of piperazine rings is 2. The van der Waals surface area contributed by atoms with Gasteiger partial charge >= 0.3 is 0 Å². The minimum atomic E-state index is 0.916. The number of guanidine groups is 1. The van der Waals surface area contributed by atoms with Gasteiger partial charge in [0.15, 0.2) is 5.96 Å². The second-order valence-electron chi connectivity index (χ2n) is 8.00. The number of anilines is 1. The lowest BCUT2D eigenvalue weighted by Crippen LogP contribution is -2.52. The van der Waals surface area contributed by atoms with E-state index in [-0.39, 0.29) is 0 Å². The molecule has 2 aliphatic rings. The monoisotopic (exact) mass is 402 g/mol. The van der Waals surface area contributed by atoms with E-state index in [1.54, 1.807) is 7.11 Å². The van der Waals surface area contributed by atoms with Gasteiger partial charge in [-0.15, -0.1) is 0 Å². The van der Waals surface area contributed by atoms with Crippen LogP contribution in [0.4, 0.5) is 5.69 Å². The van der Waals surface area contributed by atoms with E-state index in [1.807, 2.05) is 13.1 Å². The Labute approximate surface area is 176 Å². The minimum Gasteiger partial charge on any atom is -0.497 e. The number of likely N-dealkylation sites (N-methyl/N-ethyl adjacent to an activating group) is 1. The molecule has 7 heteroatoms. The van der Waals surface area contributed by atoms with Gasteiger partial charge in [0, 0.05) is 77.7 Å². The van der Waals surface area contributed by atoms with E-state index >= 15 is 0 Å². The fraction of sp³-hybridized carbons (Fsp3) is 0.682. The van der Waals surface area contributed by atoms with E-state index in [2.05, 4.69) is 55.2 Å². The van der Waals surface area contributed by atoms with Crippen molar-refractivity contribution in [3.8, 4) is 5.75 Å². The van der Waals surface area contributed by atoms with Gasteiger partial charge < -0.3 is 29.7 Å². The second-order valence-corrected chi connectivity index (χ2v) is 8.00. The van der Waals surface area contributed by atoms with Gasteiger partial charge in [0.05, 0.1) is 7.11 Å². The highest BCUT2D eigenvalue weighted by atomic mass is 16.5. The standard InChI is InChI=1S/C22H38N6O/c1-23-22(24-9-4-5-10-26-13-11-25(2)12-14-26)28-17-15-27(16-18-28)20-7-6-8-21(19-20)29-3/h6-8,19H,4-5,9-18H2,1-3H3,(H,23,24). The lowest BCUT2D eigenvalue weighted by molar-refractivity contribution is 0.152. The maximum Gasteiger partial charge on any atom is 0.193 e. The van der Waals surface area contributed by atoms with Crippen molar-refractivity contribution >= 4 is 11.6 Å². The van der Waals surface area contributed by atoms with Crippen LogP contribution in [-0.4, -0.2) is 107 Å². The van der Waals surface area contributed by atoms with Gasteiger partial charge in [0.25, 0.3) is 0 Å². The van der Waals surface area contributed by atoms with Gasteiger partial charge in [-0.25, -0.2) is 0 Å². The van der Waals surface area contributed by atoms with Crippen LogP contribution >= 0.6 is 0 Å². The lowest BCUT2D eigenvalue weighted by Gasteiger charge is -2.37. The minimum absolute atomic E-state index is 0.916. The molecular formula is C22H38N6O. The third-order valence-corrected chi connectivity index (χ3v) is 5.99. The fourth-order valence-corrected chi connectivity index (χ4v) is 4.05. The van der Waals surface area contributed by atoms with Crippen LogP contribution in [0.5, 0.6) is 5.75 Å². The predicted molar refractivity (Wildman–Crippen MR) is 121 cm³/mol.